The van der Waals surface area contributed by atoms with Crippen LogP contribution in [0.25, 0.3) is 22.6 Å². The van der Waals surface area contributed by atoms with Gasteiger partial charge in [-0.2, -0.15) is 0 Å². The number of nitrogens with zero attached hydrogens (tertiary/aromatic N) is 1. The number of hydrogen-bond donors (Lipinski definition) is 0. The van der Waals surface area contributed by atoms with Crippen molar-refractivity contribution in [3.05, 3.63) is 54.1 Å². The van der Waals surface area contributed by atoms with Gasteiger partial charge in [-0.25, -0.2) is 13.8 Å². The van der Waals surface area contributed by atoms with E-state index in [0.717, 1.165) is 0 Å². The Labute approximate surface area is 95.5 Å². The molecule has 0 bridgehead atoms. The molecule has 0 aliphatic carbocycles. The van der Waals surface area contributed by atoms with E-state index in [9.17, 15) is 8.78 Å². The molecule has 0 unspecified atom stereocenters. The van der Waals surface area contributed by atoms with Crippen molar-refractivity contribution >= 4 is 11.1 Å². The fourth-order valence-corrected chi connectivity index (χ4v) is 1.63. The van der Waals surface area contributed by atoms with Gasteiger partial charge in [0.05, 0.1) is 0 Å². The third kappa shape index (κ3) is 1.67. The summed E-state index contributed by atoms with van der Waals surface area (Å²) >= 11 is 0. The SMILES string of the molecule is Fc1ccc(-c2nc3cccc(F)c3o2)cc1. The summed E-state index contributed by atoms with van der Waals surface area (Å²) in [5, 5.41) is 0. The first kappa shape index (κ1) is 9.96. The molecule has 17 heavy (non-hydrogen) atoms. The zero-order valence-corrected chi connectivity index (χ0v) is 8.65. The van der Waals surface area contributed by atoms with Crippen LogP contribution in [0.4, 0.5) is 8.78 Å². The van der Waals surface area contributed by atoms with Gasteiger partial charge in [0.2, 0.25) is 5.89 Å². The summed E-state index contributed by atoms with van der Waals surface area (Å²) in [5.74, 6) is -0.510. The van der Waals surface area contributed by atoms with Crippen molar-refractivity contribution < 1.29 is 13.2 Å². The first-order valence-corrected chi connectivity index (χ1v) is 5.05. The predicted octanol–water partition coefficient (Wildman–Crippen LogP) is 3.77. The molecule has 1 aromatic heterocycles. The second kappa shape index (κ2) is 3.66. The molecule has 0 spiro atoms. The molecule has 0 fully saturated rings. The molecule has 84 valence electrons. The largest absolute Gasteiger partial charge is 0.433 e. The van der Waals surface area contributed by atoms with E-state index in [1.165, 1.54) is 30.3 Å². The summed E-state index contributed by atoms with van der Waals surface area (Å²) in [6, 6.07) is 10.2. The number of halogens is 2. The maximum Gasteiger partial charge on any atom is 0.227 e. The van der Waals surface area contributed by atoms with Crippen LogP contribution in [0.1, 0.15) is 0 Å². The molecule has 3 rings (SSSR count). The lowest BCUT2D eigenvalue weighted by molar-refractivity contribution is 0.564. The molecular formula is C13H7F2NO. The normalized spacial score (nSPS) is 10.9. The van der Waals surface area contributed by atoms with Gasteiger partial charge in [-0.1, -0.05) is 6.07 Å². The minimum absolute atomic E-state index is 0.117. The topological polar surface area (TPSA) is 26.0 Å². The highest BCUT2D eigenvalue weighted by molar-refractivity contribution is 5.76. The predicted molar refractivity (Wildman–Crippen MR) is 59.4 cm³/mol. The van der Waals surface area contributed by atoms with Crippen LogP contribution in [0.5, 0.6) is 0 Å². The van der Waals surface area contributed by atoms with Crippen LogP contribution in [0.15, 0.2) is 46.9 Å². The van der Waals surface area contributed by atoms with E-state index >= 15 is 0 Å². The standard InChI is InChI=1S/C13H7F2NO/c14-9-6-4-8(5-7-9)13-16-11-3-1-2-10(15)12(11)17-13/h1-7H. The second-order valence-electron chi connectivity index (χ2n) is 3.61. The number of fused-ring (bicyclic) bond motifs is 1. The van der Waals surface area contributed by atoms with Crippen LogP contribution in [-0.2, 0) is 0 Å². The van der Waals surface area contributed by atoms with Crippen LogP contribution in [0, 0.1) is 11.6 Å². The Bertz CT molecular complexity index is 673. The van der Waals surface area contributed by atoms with Crippen molar-refractivity contribution in [1.82, 2.24) is 4.98 Å². The van der Waals surface area contributed by atoms with Crippen molar-refractivity contribution in [3.8, 4) is 11.5 Å². The number of oxazole rings is 1. The Morgan fingerprint density at radius 2 is 1.71 bits per heavy atom. The van der Waals surface area contributed by atoms with Crippen LogP contribution < -0.4 is 0 Å². The molecule has 1 heterocycles. The average Bonchev–Trinajstić information content (AvgIpc) is 2.75. The Hall–Kier alpha value is -2.23. The first-order chi connectivity index (χ1) is 8.24. The molecule has 0 amide bonds. The Morgan fingerprint density at radius 1 is 0.941 bits per heavy atom. The zero-order chi connectivity index (χ0) is 11.8. The van der Waals surface area contributed by atoms with E-state index in [1.807, 2.05) is 0 Å². The van der Waals surface area contributed by atoms with Gasteiger partial charge in [-0.15, -0.1) is 0 Å². The van der Waals surface area contributed by atoms with Gasteiger partial charge in [0.1, 0.15) is 11.3 Å². The highest BCUT2D eigenvalue weighted by Gasteiger charge is 2.11. The third-order valence-electron chi connectivity index (χ3n) is 2.46. The van der Waals surface area contributed by atoms with E-state index in [-0.39, 0.29) is 17.3 Å². The van der Waals surface area contributed by atoms with E-state index in [4.69, 9.17) is 4.42 Å². The highest BCUT2D eigenvalue weighted by Crippen LogP contribution is 2.25. The quantitative estimate of drug-likeness (QED) is 0.637. The molecule has 0 aliphatic heterocycles. The van der Waals surface area contributed by atoms with Crippen LogP contribution >= 0.6 is 0 Å². The maximum absolute atomic E-state index is 13.4. The van der Waals surface area contributed by atoms with Gasteiger partial charge in [0.15, 0.2) is 11.4 Å². The Balaban J connectivity index is 2.18. The van der Waals surface area contributed by atoms with E-state index in [1.54, 1.807) is 12.1 Å². The van der Waals surface area contributed by atoms with Crippen molar-refractivity contribution in [2.24, 2.45) is 0 Å². The summed E-state index contributed by atoms with van der Waals surface area (Å²) in [7, 11) is 0. The lowest BCUT2D eigenvalue weighted by Crippen LogP contribution is -1.77. The average molecular weight is 231 g/mol. The number of aromatic nitrogens is 1. The minimum atomic E-state index is -0.455. The van der Waals surface area contributed by atoms with Gasteiger partial charge in [0.25, 0.3) is 0 Å². The van der Waals surface area contributed by atoms with Crippen LogP contribution in [-0.4, -0.2) is 4.98 Å². The molecule has 0 aliphatic rings. The van der Waals surface area contributed by atoms with Gasteiger partial charge in [-0.3, -0.25) is 0 Å². The van der Waals surface area contributed by atoms with Crippen molar-refractivity contribution in [1.29, 1.82) is 0 Å². The van der Waals surface area contributed by atoms with E-state index in [2.05, 4.69) is 4.98 Å². The molecule has 2 aromatic carbocycles. The molecule has 0 atom stereocenters. The fraction of sp³-hybridized carbons (Fsp3) is 0. The lowest BCUT2D eigenvalue weighted by atomic mass is 10.2. The third-order valence-corrected chi connectivity index (χ3v) is 2.46. The zero-order valence-electron chi connectivity index (χ0n) is 8.65. The number of para-hydroxylation sites is 1. The van der Waals surface area contributed by atoms with Crippen molar-refractivity contribution in [2.45, 2.75) is 0 Å². The summed E-state index contributed by atoms with van der Waals surface area (Å²) in [5.41, 5.74) is 1.18. The second-order valence-corrected chi connectivity index (χ2v) is 3.61. The van der Waals surface area contributed by atoms with Gasteiger partial charge in [-0.05, 0) is 36.4 Å². The van der Waals surface area contributed by atoms with Crippen molar-refractivity contribution in [3.63, 3.8) is 0 Å². The van der Waals surface area contributed by atoms with Gasteiger partial charge < -0.3 is 4.42 Å². The monoisotopic (exact) mass is 231 g/mol. The number of benzene rings is 2. The minimum Gasteiger partial charge on any atom is -0.433 e. The number of rotatable bonds is 1. The molecule has 0 radical (unpaired) electrons. The number of hydrogen-bond acceptors (Lipinski definition) is 2. The lowest BCUT2D eigenvalue weighted by Gasteiger charge is -1.93. The summed E-state index contributed by atoms with van der Waals surface area (Å²) < 4.78 is 31.5. The van der Waals surface area contributed by atoms with Gasteiger partial charge >= 0.3 is 0 Å². The summed E-state index contributed by atoms with van der Waals surface area (Å²) in [6.07, 6.45) is 0. The fourth-order valence-electron chi connectivity index (χ4n) is 1.63. The summed E-state index contributed by atoms with van der Waals surface area (Å²) in [6.45, 7) is 0. The highest BCUT2D eigenvalue weighted by atomic mass is 19.1. The van der Waals surface area contributed by atoms with Crippen molar-refractivity contribution in [2.75, 3.05) is 0 Å². The Kier molecular flexibility index (Phi) is 2.14. The summed E-state index contributed by atoms with van der Waals surface area (Å²) in [4.78, 5) is 4.14. The molecule has 4 heteroatoms. The van der Waals surface area contributed by atoms with Gasteiger partial charge in [0, 0.05) is 5.56 Å². The smallest absolute Gasteiger partial charge is 0.227 e. The maximum atomic E-state index is 13.4. The molecule has 3 aromatic rings. The first-order valence-electron chi connectivity index (χ1n) is 5.05. The molecule has 2 nitrogen and oxygen atoms in total. The molecule has 0 N–H and O–H groups in total. The molecular weight excluding hydrogens is 224 g/mol. The molecule has 0 saturated heterocycles. The van der Waals surface area contributed by atoms with Crippen LogP contribution in [0.3, 0.4) is 0 Å². The molecule has 0 saturated carbocycles. The van der Waals surface area contributed by atoms with E-state index in [0.29, 0.717) is 11.1 Å². The Morgan fingerprint density at radius 3 is 2.41 bits per heavy atom. The van der Waals surface area contributed by atoms with E-state index < -0.39 is 5.82 Å². The van der Waals surface area contributed by atoms with Crippen LogP contribution in [0.2, 0.25) is 0 Å².